The molecule has 1 unspecified atom stereocenters. The molecule has 2 fully saturated rings. The van der Waals surface area contributed by atoms with E-state index in [1.54, 1.807) is 0 Å². The highest BCUT2D eigenvalue weighted by atomic mass is 32.1. The molecule has 3 rings (SSSR count). The van der Waals surface area contributed by atoms with Gasteiger partial charge in [-0.3, -0.25) is 9.69 Å². The third-order valence-electron chi connectivity index (χ3n) is 7.51. The van der Waals surface area contributed by atoms with E-state index in [2.05, 4.69) is 49.3 Å². The van der Waals surface area contributed by atoms with Crippen LogP contribution in [0.15, 0.2) is 0 Å². The van der Waals surface area contributed by atoms with Crippen LogP contribution in [0, 0.1) is 5.41 Å². The first-order chi connectivity index (χ1) is 14.4. The number of hydrogen-bond acceptors (Lipinski definition) is 6. The van der Waals surface area contributed by atoms with E-state index < -0.39 is 0 Å². The lowest BCUT2D eigenvalue weighted by Crippen LogP contribution is -2.59. The Morgan fingerprint density at radius 2 is 1.97 bits per heavy atom. The highest BCUT2D eigenvalue weighted by molar-refractivity contribution is 7.09. The molecule has 1 aromatic heterocycles. The summed E-state index contributed by atoms with van der Waals surface area (Å²) in [5.74, 6) is 1.12. The van der Waals surface area contributed by atoms with Crippen molar-refractivity contribution >= 4 is 22.6 Å². The largest absolute Gasteiger partial charge is 0.354 e. The number of carbonyl (C=O) groups excluding carboxylic acids is 1. The van der Waals surface area contributed by atoms with E-state index in [-0.39, 0.29) is 17.4 Å². The van der Waals surface area contributed by atoms with Crippen LogP contribution in [0.1, 0.15) is 67.1 Å². The Morgan fingerprint density at radius 3 is 2.61 bits per heavy atom. The predicted octanol–water partition coefficient (Wildman–Crippen LogP) is 3.43. The fraction of sp³-hybridized carbons (Fsp3) is 0.870. The fourth-order valence-electron chi connectivity index (χ4n) is 5.04. The summed E-state index contributed by atoms with van der Waals surface area (Å²) >= 11 is 1.47. The molecule has 1 aromatic rings. The van der Waals surface area contributed by atoms with Crippen LogP contribution in [0.3, 0.4) is 0 Å². The van der Waals surface area contributed by atoms with E-state index >= 15 is 0 Å². The predicted molar refractivity (Wildman–Crippen MR) is 128 cm³/mol. The number of likely N-dealkylation sites (tertiary alicyclic amines) is 1. The average Bonchev–Trinajstić information content (AvgIpc) is 3.28. The summed E-state index contributed by atoms with van der Waals surface area (Å²) in [6, 6.07) is 1.78. The Kier molecular flexibility index (Phi) is 7.33. The van der Waals surface area contributed by atoms with Crippen molar-refractivity contribution in [3.63, 3.8) is 0 Å². The molecule has 2 saturated heterocycles. The minimum Gasteiger partial charge on any atom is -0.354 e. The molecule has 1 amide bonds. The van der Waals surface area contributed by atoms with Gasteiger partial charge in [0.25, 0.3) is 0 Å². The van der Waals surface area contributed by atoms with Crippen LogP contribution in [-0.2, 0) is 11.3 Å². The van der Waals surface area contributed by atoms with Gasteiger partial charge in [0.05, 0.1) is 32.7 Å². The minimum atomic E-state index is -0.336. The molecule has 0 saturated carbocycles. The maximum absolute atomic E-state index is 12.8. The first-order valence-corrected chi connectivity index (χ1v) is 12.7. The first-order valence-electron chi connectivity index (χ1n) is 11.9. The quantitative estimate of drug-likeness (QED) is 0.672. The number of aromatic nitrogens is 2. The monoisotopic (exact) mass is 451 g/mol. The Balaban J connectivity index is 1.55. The third kappa shape index (κ3) is 5.40. The van der Waals surface area contributed by atoms with Gasteiger partial charge < -0.3 is 14.7 Å². The number of rotatable bonds is 6. The minimum absolute atomic E-state index is 0.202. The zero-order valence-corrected chi connectivity index (χ0v) is 21.6. The second kappa shape index (κ2) is 9.32. The summed E-state index contributed by atoms with van der Waals surface area (Å²) in [4.78, 5) is 22.0. The molecule has 0 aromatic carbocycles. The molecule has 0 spiro atoms. The summed E-state index contributed by atoms with van der Waals surface area (Å²) in [6.45, 7) is 19.6. The van der Waals surface area contributed by atoms with E-state index in [1.165, 1.54) is 30.9 Å². The summed E-state index contributed by atoms with van der Waals surface area (Å²) in [5.41, 5.74) is -0.336. The number of nitrogens with zero attached hydrogens (tertiary/aromatic N) is 5. The summed E-state index contributed by atoms with van der Waals surface area (Å²) in [6.07, 6.45) is 2.59. The number of anilines is 1. The molecular weight excluding hydrogens is 408 g/mol. The van der Waals surface area contributed by atoms with Gasteiger partial charge in [0.1, 0.15) is 6.04 Å². The molecule has 0 radical (unpaired) electrons. The van der Waals surface area contributed by atoms with Gasteiger partial charge in [0, 0.05) is 55.0 Å². The van der Waals surface area contributed by atoms with Gasteiger partial charge in [-0.25, -0.2) is 4.98 Å². The van der Waals surface area contributed by atoms with Crippen molar-refractivity contribution in [2.24, 2.45) is 5.41 Å². The molecule has 4 atom stereocenters. The standard InChI is InChI=1S/C23H43N6OS/c1-16(2)29(8)11-9-10-19(29)12-24-22-25-20(26-31-22)15-27-13-18(4)28(14-17(27)3)21(30)23(5,6)7/h16-19H,9-15H2,1-8H3,(H,24,25,26)/q+1/t17-,18-,19-,29?/m0/s1. The molecule has 2 aliphatic rings. The molecule has 0 bridgehead atoms. The van der Waals surface area contributed by atoms with Crippen molar-refractivity contribution in [2.75, 3.05) is 38.5 Å². The van der Waals surface area contributed by atoms with Gasteiger partial charge in [0.15, 0.2) is 5.82 Å². The zero-order valence-electron chi connectivity index (χ0n) is 20.8. The molecule has 2 aliphatic heterocycles. The average molecular weight is 452 g/mol. The highest BCUT2D eigenvalue weighted by Gasteiger charge is 2.40. The lowest BCUT2D eigenvalue weighted by Gasteiger charge is -2.45. The maximum atomic E-state index is 12.8. The first kappa shape index (κ1) is 24.4. The van der Waals surface area contributed by atoms with Crippen molar-refractivity contribution in [1.29, 1.82) is 0 Å². The van der Waals surface area contributed by atoms with Gasteiger partial charge >= 0.3 is 0 Å². The Morgan fingerprint density at radius 1 is 1.26 bits per heavy atom. The smallest absolute Gasteiger partial charge is 0.228 e. The second-order valence-electron chi connectivity index (χ2n) is 11.2. The number of nitrogens with one attached hydrogen (secondary N) is 1. The SMILES string of the molecule is CC(C)[N+]1(C)CCC[C@H]1CNc1nc(CN2C[C@H](C)N(C(=O)C(C)(C)C)C[C@@H]2C)ns1. The maximum Gasteiger partial charge on any atom is 0.228 e. The van der Waals surface area contributed by atoms with Crippen molar-refractivity contribution in [1.82, 2.24) is 19.2 Å². The van der Waals surface area contributed by atoms with Gasteiger partial charge in [-0.2, -0.15) is 4.37 Å². The van der Waals surface area contributed by atoms with E-state index in [0.29, 0.717) is 18.1 Å². The van der Waals surface area contributed by atoms with Crippen molar-refractivity contribution in [3.05, 3.63) is 5.82 Å². The molecule has 1 N–H and O–H groups in total. The second-order valence-corrected chi connectivity index (χ2v) is 11.9. The van der Waals surface area contributed by atoms with E-state index in [4.69, 9.17) is 4.98 Å². The van der Waals surface area contributed by atoms with E-state index in [9.17, 15) is 4.79 Å². The molecule has 176 valence electrons. The fourth-order valence-corrected chi connectivity index (χ4v) is 5.63. The number of quaternary nitrogens is 1. The summed E-state index contributed by atoms with van der Waals surface area (Å²) in [7, 11) is 2.39. The Bertz CT molecular complexity index is 759. The molecule has 7 nitrogen and oxygen atoms in total. The van der Waals surface area contributed by atoms with Gasteiger partial charge in [0.2, 0.25) is 11.0 Å². The summed E-state index contributed by atoms with van der Waals surface area (Å²) < 4.78 is 5.77. The number of hydrogen-bond donors (Lipinski definition) is 1. The third-order valence-corrected chi connectivity index (χ3v) is 8.22. The van der Waals surface area contributed by atoms with Crippen LogP contribution in [0.2, 0.25) is 0 Å². The van der Waals surface area contributed by atoms with Crippen molar-refractivity contribution < 1.29 is 9.28 Å². The number of amides is 1. The Labute approximate surface area is 193 Å². The van der Waals surface area contributed by atoms with Crippen LogP contribution in [0.5, 0.6) is 0 Å². The Hall–Kier alpha value is -1.25. The lowest BCUT2D eigenvalue weighted by molar-refractivity contribution is -0.939. The molecular formula is C23H43N6OS+. The van der Waals surface area contributed by atoms with E-state index in [1.807, 2.05) is 25.7 Å². The van der Waals surface area contributed by atoms with Gasteiger partial charge in [-0.05, 0) is 27.7 Å². The number of likely N-dealkylation sites (N-methyl/N-ethyl adjacent to an activating group) is 1. The highest BCUT2D eigenvalue weighted by Crippen LogP contribution is 2.29. The van der Waals surface area contributed by atoms with Crippen LogP contribution < -0.4 is 5.32 Å². The van der Waals surface area contributed by atoms with Crippen LogP contribution in [-0.4, -0.2) is 86.9 Å². The summed E-state index contributed by atoms with van der Waals surface area (Å²) in [5, 5.41) is 4.50. The van der Waals surface area contributed by atoms with Crippen LogP contribution in [0.4, 0.5) is 5.13 Å². The topological polar surface area (TPSA) is 61.4 Å². The van der Waals surface area contributed by atoms with Gasteiger partial charge in [-0.1, -0.05) is 20.8 Å². The lowest BCUT2D eigenvalue weighted by atomic mass is 9.92. The van der Waals surface area contributed by atoms with Crippen molar-refractivity contribution in [3.8, 4) is 0 Å². The molecule has 8 heteroatoms. The van der Waals surface area contributed by atoms with Gasteiger partial charge in [-0.15, -0.1) is 0 Å². The van der Waals surface area contributed by atoms with Crippen LogP contribution in [0.25, 0.3) is 0 Å². The number of piperazine rings is 1. The number of carbonyl (C=O) groups is 1. The van der Waals surface area contributed by atoms with Crippen LogP contribution >= 0.6 is 11.5 Å². The molecule has 0 aliphatic carbocycles. The molecule has 31 heavy (non-hydrogen) atoms. The normalized spacial score (nSPS) is 30.2. The molecule has 3 heterocycles. The van der Waals surface area contributed by atoms with E-state index in [0.717, 1.165) is 41.6 Å². The zero-order chi connectivity index (χ0) is 23.0. The van der Waals surface area contributed by atoms with Crippen molar-refractivity contribution in [2.45, 2.75) is 92.0 Å².